The molecule has 2 atom stereocenters. The van der Waals surface area contributed by atoms with E-state index in [2.05, 4.69) is 25.8 Å². The van der Waals surface area contributed by atoms with Gasteiger partial charge >= 0.3 is 12.0 Å². The monoisotopic (exact) mass is 279 g/mol. The van der Waals surface area contributed by atoms with Crippen LogP contribution in [0.2, 0.25) is 0 Å². The molecule has 0 spiro atoms. The van der Waals surface area contributed by atoms with Gasteiger partial charge in [-0.2, -0.15) is 5.10 Å². The molecule has 1 saturated carbocycles. The van der Waals surface area contributed by atoms with Crippen molar-refractivity contribution in [2.45, 2.75) is 39.2 Å². The average molecular weight is 279 g/mol. The number of hydrogen-bond acceptors (Lipinski definition) is 5. The maximum atomic E-state index is 11.8. The summed E-state index contributed by atoms with van der Waals surface area (Å²) >= 11 is 0. The number of rotatable bonds is 3. The third-order valence-corrected chi connectivity index (χ3v) is 3.43. The predicted molar refractivity (Wildman–Crippen MR) is 70.2 cm³/mol. The summed E-state index contributed by atoms with van der Waals surface area (Å²) in [6.45, 7) is 3.56. The predicted octanol–water partition coefficient (Wildman–Crippen LogP) is 0.863. The molecule has 1 heterocycles. The lowest BCUT2D eigenvalue weighted by Gasteiger charge is -2.12. The molecular formula is C12H17N5O3. The number of anilines is 1. The van der Waals surface area contributed by atoms with Gasteiger partial charge in [-0.3, -0.25) is 10.1 Å². The Labute approximate surface area is 116 Å². The first-order valence-corrected chi connectivity index (χ1v) is 6.44. The first-order chi connectivity index (χ1) is 9.45. The molecule has 1 aromatic heterocycles. The van der Waals surface area contributed by atoms with Gasteiger partial charge in [0.1, 0.15) is 0 Å². The minimum absolute atomic E-state index is 0.129. The molecule has 0 aliphatic heterocycles. The van der Waals surface area contributed by atoms with Crippen LogP contribution in [0.4, 0.5) is 10.7 Å². The van der Waals surface area contributed by atoms with Gasteiger partial charge in [0.15, 0.2) is 0 Å². The second-order valence-corrected chi connectivity index (χ2v) is 4.95. The van der Waals surface area contributed by atoms with Crippen LogP contribution in [0, 0.1) is 19.8 Å². The molecule has 0 radical (unpaired) electrons. The van der Waals surface area contributed by atoms with Gasteiger partial charge in [0.05, 0.1) is 17.3 Å². The van der Waals surface area contributed by atoms with Crippen LogP contribution < -0.4 is 10.6 Å². The van der Waals surface area contributed by atoms with Gasteiger partial charge in [0, 0.05) is 6.04 Å². The molecular weight excluding hydrogens is 262 g/mol. The van der Waals surface area contributed by atoms with E-state index in [9.17, 15) is 9.59 Å². The normalized spacial score (nSPS) is 21.5. The van der Waals surface area contributed by atoms with Crippen molar-refractivity contribution in [3.63, 3.8) is 0 Å². The zero-order valence-electron chi connectivity index (χ0n) is 11.4. The fourth-order valence-corrected chi connectivity index (χ4v) is 2.17. The van der Waals surface area contributed by atoms with E-state index in [1.807, 2.05) is 0 Å². The largest absolute Gasteiger partial charge is 0.481 e. The summed E-state index contributed by atoms with van der Waals surface area (Å²) in [5.74, 6) is -1.05. The molecule has 1 aliphatic carbocycles. The molecule has 2 unspecified atom stereocenters. The Bertz CT molecular complexity index is 534. The van der Waals surface area contributed by atoms with Gasteiger partial charge in [-0.25, -0.2) is 9.78 Å². The summed E-state index contributed by atoms with van der Waals surface area (Å²) in [7, 11) is 0. The minimum atomic E-state index is -0.809. The molecule has 2 rings (SSSR count). The van der Waals surface area contributed by atoms with E-state index in [4.69, 9.17) is 5.11 Å². The number of carboxylic acids is 1. The molecule has 8 nitrogen and oxygen atoms in total. The van der Waals surface area contributed by atoms with Crippen molar-refractivity contribution in [1.82, 2.24) is 20.5 Å². The lowest BCUT2D eigenvalue weighted by atomic mass is 10.1. The Morgan fingerprint density at radius 1 is 1.20 bits per heavy atom. The van der Waals surface area contributed by atoms with Crippen LogP contribution >= 0.6 is 0 Å². The molecule has 2 amide bonds. The van der Waals surface area contributed by atoms with Crippen LogP contribution in [0.25, 0.3) is 0 Å². The Kier molecular flexibility index (Phi) is 4.11. The number of carbonyl (C=O) groups excluding carboxylic acids is 1. The summed E-state index contributed by atoms with van der Waals surface area (Å²) in [5.41, 5.74) is 1.40. The second kappa shape index (κ2) is 5.81. The molecule has 0 saturated heterocycles. The van der Waals surface area contributed by atoms with E-state index in [1.165, 1.54) is 0 Å². The van der Waals surface area contributed by atoms with Crippen molar-refractivity contribution in [2.75, 3.05) is 5.32 Å². The Morgan fingerprint density at radius 2 is 1.95 bits per heavy atom. The molecule has 1 aliphatic rings. The fraction of sp³-hybridized carbons (Fsp3) is 0.583. The molecule has 108 valence electrons. The number of hydrogen-bond donors (Lipinski definition) is 3. The lowest BCUT2D eigenvalue weighted by Crippen LogP contribution is -2.37. The Morgan fingerprint density at radius 3 is 2.55 bits per heavy atom. The topological polar surface area (TPSA) is 117 Å². The van der Waals surface area contributed by atoms with Crippen LogP contribution in [0.15, 0.2) is 0 Å². The van der Waals surface area contributed by atoms with Crippen LogP contribution in [-0.4, -0.2) is 38.3 Å². The van der Waals surface area contributed by atoms with E-state index in [0.29, 0.717) is 30.7 Å². The number of carboxylic acid groups (broad SMARTS) is 1. The smallest absolute Gasteiger partial charge is 0.321 e. The number of aromatic nitrogens is 3. The van der Waals surface area contributed by atoms with E-state index >= 15 is 0 Å². The lowest BCUT2D eigenvalue weighted by molar-refractivity contribution is -0.141. The van der Waals surface area contributed by atoms with E-state index in [0.717, 1.165) is 0 Å². The fourth-order valence-electron chi connectivity index (χ4n) is 2.17. The van der Waals surface area contributed by atoms with Gasteiger partial charge < -0.3 is 10.4 Å². The van der Waals surface area contributed by atoms with E-state index in [-0.39, 0.29) is 17.9 Å². The number of aryl methyl sites for hydroxylation is 2. The van der Waals surface area contributed by atoms with Gasteiger partial charge in [0.2, 0.25) is 0 Å². The second-order valence-electron chi connectivity index (χ2n) is 4.95. The zero-order valence-corrected chi connectivity index (χ0v) is 11.4. The highest BCUT2D eigenvalue weighted by atomic mass is 16.4. The third kappa shape index (κ3) is 3.40. The number of aliphatic carboxylic acids is 1. The van der Waals surface area contributed by atoms with E-state index in [1.54, 1.807) is 13.8 Å². The van der Waals surface area contributed by atoms with E-state index < -0.39 is 12.0 Å². The summed E-state index contributed by atoms with van der Waals surface area (Å²) in [6, 6.07) is -0.568. The van der Waals surface area contributed by atoms with Crippen LogP contribution in [0.1, 0.15) is 30.7 Å². The van der Waals surface area contributed by atoms with Crippen LogP contribution in [0.3, 0.4) is 0 Å². The van der Waals surface area contributed by atoms with Crippen molar-refractivity contribution < 1.29 is 14.7 Å². The van der Waals surface area contributed by atoms with Crippen molar-refractivity contribution in [3.05, 3.63) is 11.4 Å². The Hall–Kier alpha value is -2.25. The molecule has 8 heteroatoms. The first kappa shape index (κ1) is 14.2. The van der Waals surface area contributed by atoms with Gasteiger partial charge in [-0.05, 0) is 33.1 Å². The van der Waals surface area contributed by atoms with Gasteiger partial charge in [0.25, 0.3) is 5.95 Å². The van der Waals surface area contributed by atoms with Crippen molar-refractivity contribution >= 4 is 17.9 Å². The highest BCUT2D eigenvalue weighted by molar-refractivity contribution is 5.87. The maximum absolute atomic E-state index is 11.8. The average Bonchev–Trinajstić information content (AvgIpc) is 2.82. The summed E-state index contributed by atoms with van der Waals surface area (Å²) in [6.07, 6.45) is 1.70. The zero-order chi connectivity index (χ0) is 14.7. The molecule has 3 N–H and O–H groups in total. The molecule has 0 bridgehead atoms. The standard InChI is InChI=1S/C12H17N5O3/c1-6-7(2)16-17-11(13-6)15-12(20)14-9-4-3-8(5-9)10(18)19/h8-9H,3-5H2,1-2H3,(H,18,19)(H2,13,14,15,17,20). The maximum Gasteiger partial charge on any atom is 0.321 e. The van der Waals surface area contributed by atoms with Gasteiger partial charge in [-0.15, -0.1) is 5.10 Å². The Balaban J connectivity index is 1.87. The highest BCUT2D eigenvalue weighted by Gasteiger charge is 2.30. The molecule has 0 aromatic carbocycles. The minimum Gasteiger partial charge on any atom is -0.481 e. The quantitative estimate of drug-likeness (QED) is 0.755. The number of amides is 2. The van der Waals surface area contributed by atoms with Crippen LogP contribution in [0.5, 0.6) is 0 Å². The SMILES string of the molecule is Cc1nnc(NC(=O)NC2CCC(C(=O)O)C2)nc1C. The first-order valence-electron chi connectivity index (χ1n) is 6.44. The molecule has 20 heavy (non-hydrogen) atoms. The number of nitrogens with zero attached hydrogens (tertiary/aromatic N) is 3. The number of nitrogens with one attached hydrogen (secondary N) is 2. The van der Waals surface area contributed by atoms with Crippen molar-refractivity contribution in [2.24, 2.45) is 5.92 Å². The molecule has 1 aromatic rings. The van der Waals surface area contributed by atoms with Crippen molar-refractivity contribution in [3.8, 4) is 0 Å². The van der Waals surface area contributed by atoms with Crippen molar-refractivity contribution in [1.29, 1.82) is 0 Å². The number of urea groups is 1. The summed E-state index contributed by atoms with van der Waals surface area (Å²) in [4.78, 5) is 26.7. The van der Waals surface area contributed by atoms with Gasteiger partial charge in [-0.1, -0.05) is 0 Å². The van der Waals surface area contributed by atoms with Crippen LogP contribution in [-0.2, 0) is 4.79 Å². The molecule has 1 fully saturated rings. The number of carbonyl (C=O) groups is 2. The highest BCUT2D eigenvalue weighted by Crippen LogP contribution is 2.25. The summed E-state index contributed by atoms with van der Waals surface area (Å²) < 4.78 is 0. The summed E-state index contributed by atoms with van der Waals surface area (Å²) in [5, 5.41) is 21.8. The third-order valence-electron chi connectivity index (χ3n) is 3.43.